The van der Waals surface area contributed by atoms with Gasteiger partial charge < -0.3 is 15.5 Å². The van der Waals surface area contributed by atoms with E-state index in [1.165, 1.54) is 6.07 Å². The molecule has 0 radical (unpaired) electrons. The zero-order valence-electron chi connectivity index (χ0n) is 14.6. The minimum atomic E-state index is -0.464. The van der Waals surface area contributed by atoms with Gasteiger partial charge in [-0.05, 0) is 37.1 Å². The highest BCUT2D eigenvalue weighted by atomic mass is 16.6. The van der Waals surface area contributed by atoms with Gasteiger partial charge >= 0.3 is 6.03 Å². The number of anilines is 2. The van der Waals surface area contributed by atoms with Gasteiger partial charge in [-0.2, -0.15) is 5.26 Å². The molecule has 0 unspecified atom stereocenters. The zero-order valence-corrected chi connectivity index (χ0v) is 14.6. The molecule has 2 aromatic carbocycles. The van der Waals surface area contributed by atoms with Gasteiger partial charge in [0.15, 0.2) is 0 Å². The first-order chi connectivity index (χ1) is 13.1. The first-order valence-electron chi connectivity index (χ1n) is 8.63. The molecule has 0 aliphatic carbocycles. The molecule has 1 heterocycles. The molecule has 1 aliphatic rings. The van der Waals surface area contributed by atoms with Gasteiger partial charge in [0.2, 0.25) is 0 Å². The Balaban J connectivity index is 1.58. The summed E-state index contributed by atoms with van der Waals surface area (Å²) < 4.78 is 0. The summed E-state index contributed by atoms with van der Waals surface area (Å²) in [5, 5.41) is 26.0. The van der Waals surface area contributed by atoms with Crippen LogP contribution in [0.3, 0.4) is 0 Å². The normalized spacial score (nSPS) is 14.3. The van der Waals surface area contributed by atoms with E-state index in [0.29, 0.717) is 31.6 Å². The van der Waals surface area contributed by atoms with Crippen LogP contribution in [0.4, 0.5) is 21.9 Å². The number of rotatable bonds is 4. The molecule has 1 fully saturated rings. The van der Waals surface area contributed by atoms with E-state index in [9.17, 15) is 14.9 Å². The number of nitrogens with one attached hydrogen (secondary N) is 2. The van der Waals surface area contributed by atoms with Gasteiger partial charge in [-0.1, -0.05) is 18.2 Å². The molecular weight excluding hydrogens is 346 g/mol. The molecule has 2 N–H and O–H groups in total. The van der Waals surface area contributed by atoms with Crippen LogP contribution in [0.2, 0.25) is 0 Å². The fraction of sp³-hybridized carbons (Fsp3) is 0.263. The molecular formula is C19H19N5O3. The first kappa shape index (κ1) is 18.2. The number of nitrogens with zero attached hydrogens (tertiary/aromatic N) is 3. The van der Waals surface area contributed by atoms with Gasteiger partial charge in [0, 0.05) is 30.9 Å². The average Bonchev–Trinajstić information content (AvgIpc) is 2.69. The number of para-hydroxylation sites is 1. The molecule has 0 aromatic heterocycles. The number of hydrogen-bond donors (Lipinski definition) is 2. The first-order valence-corrected chi connectivity index (χ1v) is 8.63. The van der Waals surface area contributed by atoms with Crippen molar-refractivity contribution in [3.8, 4) is 6.07 Å². The second-order valence-corrected chi connectivity index (χ2v) is 6.30. The van der Waals surface area contributed by atoms with E-state index in [2.05, 4.69) is 10.6 Å². The maximum Gasteiger partial charge on any atom is 0.319 e. The highest BCUT2D eigenvalue weighted by Gasteiger charge is 2.26. The maximum atomic E-state index is 12.1. The third-order valence-corrected chi connectivity index (χ3v) is 4.50. The predicted molar refractivity (Wildman–Crippen MR) is 102 cm³/mol. The van der Waals surface area contributed by atoms with Crippen LogP contribution >= 0.6 is 0 Å². The summed E-state index contributed by atoms with van der Waals surface area (Å²) in [4.78, 5) is 24.9. The number of carbonyl (C=O) groups is 1. The van der Waals surface area contributed by atoms with Crippen molar-refractivity contribution in [1.29, 1.82) is 5.26 Å². The number of nitriles is 1. The fourth-order valence-corrected chi connectivity index (χ4v) is 3.15. The van der Waals surface area contributed by atoms with Crippen molar-refractivity contribution in [3.05, 3.63) is 64.2 Å². The Morgan fingerprint density at radius 2 is 1.89 bits per heavy atom. The minimum absolute atomic E-state index is 0.00222. The molecule has 2 amide bonds. The Kier molecular flexibility index (Phi) is 5.52. The number of amides is 2. The topological polar surface area (TPSA) is 111 Å². The van der Waals surface area contributed by atoms with Crippen LogP contribution in [-0.4, -0.2) is 30.1 Å². The lowest BCUT2D eigenvalue weighted by molar-refractivity contribution is -0.384. The van der Waals surface area contributed by atoms with Crippen molar-refractivity contribution in [2.24, 2.45) is 0 Å². The van der Waals surface area contributed by atoms with Gasteiger partial charge in [-0.3, -0.25) is 10.1 Å². The van der Waals surface area contributed by atoms with E-state index in [1.807, 2.05) is 41.3 Å². The molecule has 3 rings (SSSR count). The quantitative estimate of drug-likeness (QED) is 0.638. The second-order valence-electron chi connectivity index (χ2n) is 6.30. The Morgan fingerprint density at radius 1 is 1.19 bits per heavy atom. The lowest BCUT2D eigenvalue weighted by atomic mass is 10.0. The molecule has 0 saturated carbocycles. The number of nitro groups is 1. The third kappa shape index (κ3) is 4.52. The second kappa shape index (κ2) is 8.19. The summed E-state index contributed by atoms with van der Waals surface area (Å²) in [6.45, 7) is 1.17. The molecule has 0 spiro atoms. The number of carbonyl (C=O) groups excluding carboxylic acids is 1. The summed E-state index contributed by atoms with van der Waals surface area (Å²) in [5.74, 6) is 0. The highest BCUT2D eigenvalue weighted by Crippen LogP contribution is 2.31. The predicted octanol–water partition coefficient (Wildman–Crippen LogP) is 3.26. The van der Waals surface area contributed by atoms with Crippen molar-refractivity contribution >= 4 is 23.1 Å². The molecule has 1 aliphatic heterocycles. The van der Waals surface area contributed by atoms with Crippen molar-refractivity contribution in [2.45, 2.75) is 18.9 Å². The zero-order chi connectivity index (χ0) is 19.2. The molecule has 8 heteroatoms. The van der Waals surface area contributed by atoms with Crippen molar-refractivity contribution < 1.29 is 9.72 Å². The molecule has 27 heavy (non-hydrogen) atoms. The molecule has 1 saturated heterocycles. The highest BCUT2D eigenvalue weighted by molar-refractivity contribution is 5.89. The SMILES string of the molecule is N#Cc1ccc(N2CCC(NC(=O)Nc3ccccc3)CC2)c([N+](=O)[O-])c1. The van der Waals surface area contributed by atoms with E-state index in [0.717, 1.165) is 5.69 Å². The van der Waals surface area contributed by atoms with Gasteiger partial charge in [-0.15, -0.1) is 0 Å². The van der Waals surface area contributed by atoms with Gasteiger partial charge in [0.25, 0.3) is 5.69 Å². The fourth-order valence-electron chi connectivity index (χ4n) is 3.15. The van der Waals surface area contributed by atoms with E-state index in [1.54, 1.807) is 12.1 Å². The average molecular weight is 365 g/mol. The standard InChI is InChI=1S/C19H19N5O3/c20-13-14-6-7-17(18(12-14)24(26)27)23-10-8-16(9-11-23)22-19(25)21-15-4-2-1-3-5-15/h1-7,12,16H,8-11H2,(H2,21,22,25). The van der Waals surface area contributed by atoms with E-state index >= 15 is 0 Å². The molecule has 2 aromatic rings. The molecule has 138 valence electrons. The Morgan fingerprint density at radius 3 is 2.52 bits per heavy atom. The Hall–Kier alpha value is -3.60. The van der Waals surface area contributed by atoms with E-state index in [4.69, 9.17) is 5.26 Å². The Bertz CT molecular complexity index is 871. The molecule has 0 bridgehead atoms. The van der Waals surface area contributed by atoms with Crippen LogP contribution in [0.1, 0.15) is 18.4 Å². The van der Waals surface area contributed by atoms with Crippen molar-refractivity contribution in [1.82, 2.24) is 5.32 Å². The van der Waals surface area contributed by atoms with E-state index in [-0.39, 0.29) is 23.3 Å². The van der Waals surface area contributed by atoms with Crippen molar-refractivity contribution in [3.63, 3.8) is 0 Å². The monoisotopic (exact) mass is 365 g/mol. The smallest absolute Gasteiger partial charge is 0.319 e. The summed E-state index contributed by atoms with van der Waals surface area (Å²) in [6.07, 6.45) is 1.36. The van der Waals surface area contributed by atoms with Gasteiger partial charge in [0.1, 0.15) is 5.69 Å². The van der Waals surface area contributed by atoms with Gasteiger partial charge in [-0.25, -0.2) is 4.79 Å². The van der Waals surface area contributed by atoms with Crippen LogP contribution < -0.4 is 15.5 Å². The summed E-state index contributed by atoms with van der Waals surface area (Å²) in [5.41, 5.74) is 1.42. The van der Waals surface area contributed by atoms with Crippen LogP contribution in [0.15, 0.2) is 48.5 Å². The lowest BCUT2D eigenvalue weighted by Crippen LogP contribution is -2.46. The minimum Gasteiger partial charge on any atom is -0.366 e. The van der Waals surface area contributed by atoms with E-state index < -0.39 is 4.92 Å². The summed E-state index contributed by atoms with van der Waals surface area (Å²) in [6, 6.07) is 15.4. The third-order valence-electron chi connectivity index (χ3n) is 4.50. The maximum absolute atomic E-state index is 12.1. The summed E-state index contributed by atoms with van der Waals surface area (Å²) in [7, 11) is 0. The number of benzene rings is 2. The van der Waals surface area contributed by atoms with Crippen molar-refractivity contribution in [2.75, 3.05) is 23.3 Å². The number of piperidine rings is 1. The lowest BCUT2D eigenvalue weighted by Gasteiger charge is -2.33. The molecule has 8 nitrogen and oxygen atoms in total. The number of urea groups is 1. The Labute approximate surface area is 156 Å². The summed E-state index contributed by atoms with van der Waals surface area (Å²) >= 11 is 0. The van der Waals surface area contributed by atoms with Gasteiger partial charge in [0.05, 0.1) is 16.6 Å². The number of nitro benzene ring substituents is 1. The molecule has 0 atom stereocenters. The largest absolute Gasteiger partial charge is 0.366 e. The van der Waals surface area contributed by atoms with Crippen LogP contribution in [-0.2, 0) is 0 Å². The van der Waals surface area contributed by atoms with Crippen LogP contribution in [0, 0.1) is 21.4 Å². The van der Waals surface area contributed by atoms with Crippen LogP contribution in [0.5, 0.6) is 0 Å². The number of hydrogen-bond acceptors (Lipinski definition) is 5. The van der Waals surface area contributed by atoms with Crippen LogP contribution in [0.25, 0.3) is 0 Å².